The van der Waals surface area contributed by atoms with E-state index in [0.29, 0.717) is 25.9 Å². The van der Waals surface area contributed by atoms with Crippen LogP contribution in [0.3, 0.4) is 0 Å². The molecule has 0 radical (unpaired) electrons. The molecule has 0 aliphatic carbocycles. The lowest BCUT2D eigenvalue weighted by Gasteiger charge is -2.32. The number of nitrogens with one attached hydrogen (secondary N) is 1. The van der Waals surface area contributed by atoms with Gasteiger partial charge in [-0.3, -0.25) is 9.59 Å². The van der Waals surface area contributed by atoms with Crippen LogP contribution in [-0.2, 0) is 4.79 Å². The summed E-state index contributed by atoms with van der Waals surface area (Å²) in [5.74, 6) is 0.842. The number of fused-ring (bicyclic) bond motifs is 1. The van der Waals surface area contributed by atoms with E-state index < -0.39 is 0 Å². The van der Waals surface area contributed by atoms with Gasteiger partial charge in [-0.25, -0.2) is 4.98 Å². The van der Waals surface area contributed by atoms with Crippen LogP contribution in [0.2, 0.25) is 0 Å². The Bertz CT molecular complexity index is 1140. The summed E-state index contributed by atoms with van der Waals surface area (Å²) in [7, 11) is 0. The van der Waals surface area contributed by atoms with Crippen molar-refractivity contribution in [1.82, 2.24) is 9.88 Å². The lowest BCUT2D eigenvalue weighted by Crippen LogP contribution is -2.41. The second-order valence-corrected chi connectivity index (χ2v) is 9.00. The number of benzene rings is 2. The molecule has 2 aliphatic rings. The van der Waals surface area contributed by atoms with Gasteiger partial charge in [-0.1, -0.05) is 36.4 Å². The fourth-order valence-corrected chi connectivity index (χ4v) is 5.01. The molecule has 0 atom stereocenters. The Balaban J connectivity index is 1.23. The summed E-state index contributed by atoms with van der Waals surface area (Å²) in [6, 6.07) is 17.6. The fourth-order valence-electron chi connectivity index (χ4n) is 5.01. The van der Waals surface area contributed by atoms with Gasteiger partial charge in [0.1, 0.15) is 0 Å². The van der Waals surface area contributed by atoms with Crippen LogP contribution in [0, 0.1) is 5.92 Å². The van der Waals surface area contributed by atoms with Gasteiger partial charge in [-0.05, 0) is 61.1 Å². The van der Waals surface area contributed by atoms with Crippen LogP contribution in [0.5, 0.6) is 0 Å². The van der Waals surface area contributed by atoms with Crippen molar-refractivity contribution in [2.24, 2.45) is 5.92 Å². The molecule has 6 heteroatoms. The van der Waals surface area contributed by atoms with Gasteiger partial charge in [-0.15, -0.1) is 0 Å². The number of likely N-dealkylation sites (tertiary alicyclic amines) is 1. The van der Waals surface area contributed by atoms with Gasteiger partial charge in [-0.2, -0.15) is 0 Å². The van der Waals surface area contributed by atoms with Crippen LogP contribution < -0.4 is 10.2 Å². The van der Waals surface area contributed by atoms with Crippen molar-refractivity contribution in [1.29, 1.82) is 0 Å². The molecule has 0 saturated carbocycles. The molecule has 0 unspecified atom stereocenters. The summed E-state index contributed by atoms with van der Waals surface area (Å²) in [4.78, 5) is 35.0. The van der Waals surface area contributed by atoms with Gasteiger partial charge in [0.25, 0.3) is 5.91 Å². The first-order chi connectivity index (χ1) is 16.2. The van der Waals surface area contributed by atoms with Crippen molar-refractivity contribution >= 4 is 34.1 Å². The highest BCUT2D eigenvalue weighted by Crippen LogP contribution is 2.28. The van der Waals surface area contributed by atoms with Gasteiger partial charge >= 0.3 is 0 Å². The van der Waals surface area contributed by atoms with Gasteiger partial charge in [0.15, 0.2) is 5.82 Å². The number of piperidine rings is 2. The van der Waals surface area contributed by atoms with Crippen molar-refractivity contribution in [3.8, 4) is 0 Å². The quantitative estimate of drug-likeness (QED) is 0.635. The van der Waals surface area contributed by atoms with E-state index in [-0.39, 0.29) is 17.7 Å². The van der Waals surface area contributed by atoms with Crippen molar-refractivity contribution in [2.75, 3.05) is 36.4 Å². The Morgan fingerprint density at radius 2 is 1.61 bits per heavy atom. The smallest absolute Gasteiger partial charge is 0.254 e. The summed E-state index contributed by atoms with van der Waals surface area (Å²) in [6.07, 6.45) is 6.70. The second kappa shape index (κ2) is 9.61. The molecule has 3 heterocycles. The zero-order chi connectivity index (χ0) is 22.6. The van der Waals surface area contributed by atoms with E-state index in [2.05, 4.69) is 15.2 Å². The second-order valence-electron chi connectivity index (χ2n) is 9.00. The molecule has 33 heavy (non-hydrogen) atoms. The molecule has 2 aromatic carbocycles. The molecule has 1 aromatic heterocycles. The van der Waals surface area contributed by atoms with Crippen LogP contribution in [0.15, 0.2) is 60.8 Å². The normalized spacial score (nSPS) is 17.2. The van der Waals surface area contributed by atoms with Crippen LogP contribution in [0.25, 0.3) is 10.8 Å². The topological polar surface area (TPSA) is 65.5 Å². The molecule has 170 valence electrons. The zero-order valence-corrected chi connectivity index (χ0v) is 18.9. The molecule has 6 nitrogen and oxygen atoms in total. The number of carbonyl (C=O) groups excluding carboxylic acids is 2. The van der Waals surface area contributed by atoms with Crippen molar-refractivity contribution in [3.63, 3.8) is 0 Å². The first-order valence-electron chi connectivity index (χ1n) is 12.0. The van der Waals surface area contributed by atoms with Crippen LogP contribution in [-0.4, -0.2) is 47.9 Å². The first-order valence-corrected chi connectivity index (χ1v) is 12.0. The van der Waals surface area contributed by atoms with Crippen molar-refractivity contribution in [2.45, 2.75) is 32.1 Å². The summed E-state index contributed by atoms with van der Waals surface area (Å²) in [6.45, 7) is 3.14. The number of aromatic nitrogens is 1. The third-order valence-corrected chi connectivity index (χ3v) is 6.87. The number of nitrogens with zero attached hydrogens (tertiary/aromatic N) is 3. The maximum absolute atomic E-state index is 13.2. The number of amides is 2. The standard InChI is InChI=1S/C27H30N4O2/c32-26(29-24-12-7-15-28-25(24)30-16-4-1-5-17-30)21-13-18-31(19-14-21)27(33)23-11-6-9-20-8-2-3-10-22(20)23/h2-3,6-12,15,21H,1,4-5,13-14,16-19H2,(H,29,32). The molecule has 1 N–H and O–H groups in total. The minimum absolute atomic E-state index is 0.0264. The molecule has 0 bridgehead atoms. The van der Waals surface area contributed by atoms with Gasteiger partial charge < -0.3 is 15.1 Å². The summed E-state index contributed by atoms with van der Waals surface area (Å²) < 4.78 is 0. The van der Waals surface area contributed by atoms with Crippen molar-refractivity contribution in [3.05, 3.63) is 66.4 Å². The van der Waals surface area contributed by atoms with E-state index in [9.17, 15) is 9.59 Å². The minimum Gasteiger partial charge on any atom is -0.355 e. The van der Waals surface area contributed by atoms with E-state index in [1.165, 1.54) is 6.42 Å². The SMILES string of the molecule is O=C(Nc1cccnc1N1CCCCC1)C1CCN(C(=O)c2cccc3ccccc23)CC1. The molecule has 0 spiro atoms. The third kappa shape index (κ3) is 4.56. The van der Waals surface area contributed by atoms with E-state index >= 15 is 0 Å². The third-order valence-electron chi connectivity index (χ3n) is 6.87. The Morgan fingerprint density at radius 3 is 2.42 bits per heavy atom. The Morgan fingerprint density at radius 1 is 0.848 bits per heavy atom. The predicted molar refractivity (Wildman–Crippen MR) is 132 cm³/mol. The molecule has 2 amide bonds. The molecule has 2 aliphatic heterocycles. The highest BCUT2D eigenvalue weighted by molar-refractivity contribution is 6.07. The maximum atomic E-state index is 13.2. The monoisotopic (exact) mass is 442 g/mol. The zero-order valence-electron chi connectivity index (χ0n) is 18.9. The summed E-state index contributed by atoms with van der Waals surface area (Å²) in [5.41, 5.74) is 1.52. The lowest BCUT2D eigenvalue weighted by atomic mass is 9.94. The molecular formula is C27H30N4O2. The predicted octanol–water partition coefficient (Wildman–Crippen LogP) is 4.72. The highest BCUT2D eigenvalue weighted by Gasteiger charge is 2.29. The number of anilines is 2. The number of carbonyl (C=O) groups is 2. The lowest BCUT2D eigenvalue weighted by molar-refractivity contribution is -0.121. The summed E-state index contributed by atoms with van der Waals surface area (Å²) in [5, 5.41) is 5.18. The number of rotatable bonds is 4. The van der Waals surface area contributed by atoms with E-state index in [4.69, 9.17) is 0 Å². The van der Waals surface area contributed by atoms with Crippen LogP contribution >= 0.6 is 0 Å². The molecule has 2 fully saturated rings. The first kappa shape index (κ1) is 21.4. The molecular weight excluding hydrogens is 412 g/mol. The van der Waals surface area contributed by atoms with Gasteiger partial charge in [0.05, 0.1) is 5.69 Å². The minimum atomic E-state index is -0.101. The van der Waals surface area contributed by atoms with Crippen LogP contribution in [0.4, 0.5) is 11.5 Å². The van der Waals surface area contributed by atoms with Gasteiger partial charge in [0.2, 0.25) is 5.91 Å². The number of hydrogen-bond acceptors (Lipinski definition) is 4. The Labute approximate surface area is 194 Å². The van der Waals surface area contributed by atoms with E-state index in [0.717, 1.165) is 53.8 Å². The molecule has 2 saturated heterocycles. The van der Waals surface area contributed by atoms with Crippen molar-refractivity contribution < 1.29 is 9.59 Å². The summed E-state index contributed by atoms with van der Waals surface area (Å²) >= 11 is 0. The van der Waals surface area contributed by atoms with E-state index in [1.54, 1.807) is 6.20 Å². The molecule has 3 aromatic rings. The van der Waals surface area contributed by atoms with Gasteiger partial charge in [0, 0.05) is 43.9 Å². The fraction of sp³-hybridized carbons (Fsp3) is 0.370. The average molecular weight is 443 g/mol. The maximum Gasteiger partial charge on any atom is 0.254 e. The highest BCUT2D eigenvalue weighted by atomic mass is 16.2. The largest absolute Gasteiger partial charge is 0.355 e. The van der Waals surface area contributed by atoms with E-state index in [1.807, 2.05) is 59.5 Å². The number of pyridine rings is 1. The average Bonchev–Trinajstić information content (AvgIpc) is 2.89. The Kier molecular flexibility index (Phi) is 6.24. The Hall–Kier alpha value is -3.41. The number of hydrogen-bond donors (Lipinski definition) is 1. The van der Waals surface area contributed by atoms with Crippen LogP contribution in [0.1, 0.15) is 42.5 Å². The molecule has 5 rings (SSSR count).